The van der Waals surface area contributed by atoms with Crippen molar-refractivity contribution in [1.82, 2.24) is 10.2 Å². The van der Waals surface area contributed by atoms with Gasteiger partial charge >= 0.3 is 0 Å². The number of nitrogens with zero attached hydrogens (tertiary/aromatic N) is 1. The van der Waals surface area contributed by atoms with E-state index in [4.69, 9.17) is 0 Å². The summed E-state index contributed by atoms with van der Waals surface area (Å²) in [5.74, 6) is -0.167. The van der Waals surface area contributed by atoms with Crippen molar-refractivity contribution in [2.75, 3.05) is 6.54 Å². The Bertz CT molecular complexity index is 461. The van der Waals surface area contributed by atoms with E-state index in [1.54, 1.807) is 12.1 Å². The quantitative estimate of drug-likeness (QED) is 0.913. The van der Waals surface area contributed by atoms with Crippen LogP contribution < -0.4 is 5.32 Å². The second-order valence-corrected chi connectivity index (χ2v) is 6.68. The maximum absolute atomic E-state index is 13.2. The molecule has 0 aromatic heterocycles. The summed E-state index contributed by atoms with van der Waals surface area (Å²) in [7, 11) is 0. The lowest BCUT2D eigenvalue weighted by Crippen LogP contribution is -2.33. The number of nitrogens with one attached hydrogen (secondary N) is 1. The number of hydrogen-bond acceptors (Lipinski definition) is 2. The minimum atomic E-state index is -0.167. The zero-order chi connectivity index (χ0) is 13.4. The molecule has 0 radical (unpaired) electrons. The van der Waals surface area contributed by atoms with Gasteiger partial charge in [-0.05, 0) is 49.9 Å². The summed E-state index contributed by atoms with van der Waals surface area (Å²) in [5.41, 5.74) is 0.998. The average Bonchev–Trinajstić information content (AvgIpc) is 3.15. The Hall–Kier alpha value is -0.450. The van der Waals surface area contributed by atoms with Crippen molar-refractivity contribution in [3.8, 4) is 0 Å². The van der Waals surface area contributed by atoms with Crippen LogP contribution in [0.25, 0.3) is 0 Å². The van der Waals surface area contributed by atoms with Crippen LogP contribution in [0.15, 0.2) is 22.7 Å². The fourth-order valence-corrected chi connectivity index (χ4v) is 3.44. The Balaban J connectivity index is 1.56. The summed E-state index contributed by atoms with van der Waals surface area (Å²) in [6.45, 7) is 4.19. The number of rotatable bonds is 4. The lowest BCUT2D eigenvalue weighted by Gasteiger charge is -2.19. The molecule has 0 spiro atoms. The lowest BCUT2D eigenvalue weighted by molar-refractivity contribution is 0.255. The first-order valence-corrected chi connectivity index (χ1v) is 7.86. The number of hydrogen-bond donors (Lipinski definition) is 1. The Morgan fingerprint density at radius 2 is 2.21 bits per heavy atom. The van der Waals surface area contributed by atoms with E-state index in [0.29, 0.717) is 12.1 Å². The molecular weight excluding hydrogens is 307 g/mol. The number of halogens is 2. The average molecular weight is 327 g/mol. The van der Waals surface area contributed by atoms with Crippen LogP contribution in [0.2, 0.25) is 0 Å². The van der Waals surface area contributed by atoms with Crippen molar-refractivity contribution in [2.24, 2.45) is 0 Å². The van der Waals surface area contributed by atoms with Gasteiger partial charge in [-0.2, -0.15) is 0 Å². The molecule has 1 saturated carbocycles. The number of benzene rings is 1. The molecule has 2 aliphatic rings. The van der Waals surface area contributed by atoms with Gasteiger partial charge in [0.05, 0.1) is 0 Å². The van der Waals surface area contributed by atoms with Gasteiger partial charge in [0.15, 0.2) is 0 Å². The summed E-state index contributed by atoms with van der Waals surface area (Å²) in [6, 6.07) is 6.92. The van der Waals surface area contributed by atoms with Crippen LogP contribution in [0, 0.1) is 5.82 Å². The van der Waals surface area contributed by atoms with Gasteiger partial charge in [0.25, 0.3) is 0 Å². The van der Waals surface area contributed by atoms with Crippen LogP contribution in [0.3, 0.4) is 0 Å². The SMILES string of the molecule is CC1CC(NCc2cc(F)ccc2Br)CN1C1CC1. The standard InChI is InChI=1S/C15H20BrFN2/c1-10-6-13(9-19(10)14-3-4-14)18-8-11-7-12(17)2-5-15(11)16/h2,5,7,10,13-14,18H,3-4,6,8-9H2,1H3. The van der Waals surface area contributed by atoms with E-state index in [1.807, 2.05) is 0 Å². The minimum absolute atomic E-state index is 0.167. The molecule has 0 bridgehead atoms. The first-order chi connectivity index (χ1) is 9.13. The molecule has 1 aliphatic carbocycles. The van der Waals surface area contributed by atoms with Gasteiger partial charge in [-0.3, -0.25) is 4.90 Å². The van der Waals surface area contributed by atoms with Crippen molar-refractivity contribution in [1.29, 1.82) is 0 Å². The second-order valence-electron chi connectivity index (χ2n) is 5.83. The summed E-state index contributed by atoms with van der Waals surface area (Å²) >= 11 is 3.48. The molecule has 19 heavy (non-hydrogen) atoms. The van der Waals surface area contributed by atoms with E-state index < -0.39 is 0 Å². The normalized spacial score (nSPS) is 27.9. The van der Waals surface area contributed by atoms with E-state index in [-0.39, 0.29) is 5.82 Å². The van der Waals surface area contributed by atoms with Crippen molar-refractivity contribution in [3.63, 3.8) is 0 Å². The largest absolute Gasteiger partial charge is 0.309 e. The van der Waals surface area contributed by atoms with Gasteiger partial charge in [-0.1, -0.05) is 15.9 Å². The van der Waals surface area contributed by atoms with Crippen molar-refractivity contribution < 1.29 is 4.39 Å². The third kappa shape index (κ3) is 3.18. The molecule has 0 amide bonds. The molecule has 104 valence electrons. The summed E-state index contributed by atoms with van der Waals surface area (Å²) < 4.78 is 14.2. The molecule has 2 unspecified atom stereocenters. The van der Waals surface area contributed by atoms with E-state index in [2.05, 4.69) is 33.1 Å². The summed E-state index contributed by atoms with van der Waals surface area (Å²) in [6.07, 6.45) is 3.93. The molecule has 2 atom stereocenters. The molecule has 1 aromatic carbocycles. The van der Waals surface area contributed by atoms with E-state index in [1.165, 1.54) is 25.3 Å². The van der Waals surface area contributed by atoms with Crippen molar-refractivity contribution in [3.05, 3.63) is 34.1 Å². The third-order valence-corrected chi connectivity index (χ3v) is 5.00. The van der Waals surface area contributed by atoms with Gasteiger partial charge in [0.2, 0.25) is 0 Å². The predicted molar refractivity (Wildman–Crippen MR) is 78.5 cm³/mol. The van der Waals surface area contributed by atoms with E-state index in [0.717, 1.165) is 29.2 Å². The van der Waals surface area contributed by atoms with E-state index in [9.17, 15) is 4.39 Å². The van der Waals surface area contributed by atoms with Gasteiger partial charge in [-0.25, -0.2) is 4.39 Å². The zero-order valence-corrected chi connectivity index (χ0v) is 12.8. The fourth-order valence-electron chi connectivity index (χ4n) is 3.05. The van der Waals surface area contributed by atoms with Crippen LogP contribution in [0.4, 0.5) is 4.39 Å². The fraction of sp³-hybridized carbons (Fsp3) is 0.600. The smallest absolute Gasteiger partial charge is 0.123 e. The minimum Gasteiger partial charge on any atom is -0.309 e. The highest BCUT2D eigenvalue weighted by molar-refractivity contribution is 9.10. The molecule has 1 N–H and O–H groups in total. The van der Waals surface area contributed by atoms with Crippen LogP contribution in [0.5, 0.6) is 0 Å². The highest BCUT2D eigenvalue weighted by Crippen LogP contribution is 2.33. The molecule has 2 fully saturated rings. The van der Waals surface area contributed by atoms with Gasteiger partial charge in [-0.15, -0.1) is 0 Å². The lowest BCUT2D eigenvalue weighted by atomic mass is 10.1. The first kappa shape index (κ1) is 13.5. The monoisotopic (exact) mass is 326 g/mol. The zero-order valence-electron chi connectivity index (χ0n) is 11.2. The molecule has 4 heteroatoms. The molecule has 1 aliphatic heterocycles. The second kappa shape index (κ2) is 5.51. The van der Waals surface area contributed by atoms with Crippen LogP contribution in [0.1, 0.15) is 31.7 Å². The maximum Gasteiger partial charge on any atom is 0.123 e. The Morgan fingerprint density at radius 3 is 2.95 bits per heavy atom. The molecule has 1 saturated heterocycles. The number of likely N-dealkylation sites (tertiary alicyclic amines) is 1. The molecule has 3 rings (SSSR count). The third-order valence-electron chi connectivity index (χ3n) is 4.23. The van der Waals surface area contributed by atoms with Gasteiger partial charge in [0.1, 0.15) is 5.82 Å². The Labute approximate surface area is 122 Å². The Kier molecular flexibility index (Phi) is 3.92. The first-order valence-electron chi connectivity index (χ1n) is 7.06. The molecular formula is C15H20BrFN2. The van der Waals surface area contributed by atoms with Gasteiger partial charge in [0, 0.05) is 35.7 Å². The summed E-state index contributed by atoms with van der Waals surface area (Å²) in [4.78, 5) is 2.62. The maximum atomic E-state index is 13.2. The Morgan fingerprint density at radius 1 is 1.42 bits per heavy atom. The van der Waals surface area contributed by atoms with Gasteiger partial charge < -0.3 is 5.32 Å². The highest BCUT2D eigenvalue weighted by atomic mass is 79.9. The highest BCUT2D eigenvalue weighted by Gasteiger charge is 2.38. The van der Waals surface area contributed by atoms with Crippen molar-refractivity contribution >= 4 is 15.9 Å². The van der Waals surface area contributed by atoms with Crippen molar-refractivity contribution in [2.45, 2.75) is 50.9 Å². The van der Waals surface area contributed by atoms with E-state index >= 15 is 0 Å². The molecule has 2 nitrogen and oxygen atoms in total. The predicted octanol–water partition coefficient (Wildman–Crippen LogP) is 3.30. The summed E-state index contributed by atoms with van der Waals surface area (Å²) in [5, 5.41) is 3.57. The molecule has 1 heterocycles. The van der Waals surface area contributed by atoms with Crippen LogP contribution in [-0.2, 0) is 6.54 Å². The van der Waals surface area contributed by atoms with Crippen LogP contribution >= 0.6 is 15.9 Å². The topological polar surface area (TPSA) is 15.3 Å². The van der Waals surface area contributed by atoms with Crippen LogP contribution in [-0.4, -0.2) is 29.6 Å². The molecule has 1 aromatic rings.